The number of ether oxygens (including phenoxy) is 1. The second-order valence-corrected chi connectivity index (χ2v) is 6.36. The van der Waals surface area contributed by atoms with Crippen LogP contribution >= 0.6 is 23.2 Å². The van der Waals surface area contributed by atoms with Gasteiger partial charge in [-0.15, -0.1) is 0 Å². The number of nitrogens with two attached hydrogens (primary N) is 1. The summed E-state index contributed by atoms with van der Waals surface area (Å²) in [5.41, 5.74) is 8.40. The molecule has 0 aliphatic carbocycles. The van der Waals surface area contributed by atoms with Gasteiger partial charge in [-0.05, 0) is 35.9 Å². The molecule has 27 heavy (non-hydrogen) atoms. The molecule has 2 aromatic carbocycles. The number of nitrogens with zero attached hydrogens (tertiary/aromatic N) is 1. The Hall–Kier alpha value is -3.03. The summed E-state index contributed by atoms with van der Waals surface area (Å²) >= 11 is 12.2. The van der Waals surface area contributed by atoms with E-state index in [2.05, 4.69) is 5.43 Å². The third kappa shape index (κ3) is 4.05. The first-order valence-corrected chi connectivity index (χ1v) is 8.44. The van der Waals surface area contributed by atoms with E-state index in [1.807, 2.05) is 0 Å². The Kier molecular flexibility index (Phi) is 5.34. The number of rotatable bonds is 5. The van der Waals surface area contributed by atoms with Crippen molar-refractivity contribution in [2.75, 3.05) is 11.6 Å². The highest BCUT2D eigenvalue weighted by molar-refractivity contribution is 6.37. The molecular formula is C18H13Cl2N3O4. The van der Waals surface area contributed by atoms with Gasteiger partial charge in [-0.25, -0.2) is 5.01 Å². The van der Waals surface area contributed by atoms with E-state index < -0.39 is 17.7 Å². The van der Waals surface area contributed by atoms with Gasteiger partial charge in [0.1, 0.15) is 5.57 Å². The zero-order chi connectivity index (χ0) is 19.6. The summed E-state index contributed by atoms with van der Waals surface area (Å²) in [6, 6.07) is 11.6. The molecule has 1 aliphatic rings. The normalized spacial score (nSPS) is 15.2. The lowest BCUT2D eigenvalue weighted by Gasteiger charge is -2.13. The third-order valence-corrected chi connectivity index (χ3v) is 4.16. The Morgan fingerprint density at radius 2 is 1.78 bits per heavy atom. The van der Waals surface area contributed by atoms with Crippen LogP contribution in [0.2, 0.25) is 10.0 Å². The predicted molar refractivity (Wildman–Crippen MR) is 101 cm³/mol. The van der Waals surface area contributed by atoms with Gasteiger partial charge in [-0.1, -0.05) is 41.4 Å². The first-order chi connectivity index (χ1) is 12.9. The average molecular weight is 406 g/mol. The van der Waals surface area contributed by atoms with Crippen LogP contribution in [0.4, 0.5) is 5.69 Å². The lowest BCUT2D eigenvalue weighted by atomic mass is 10.1. The van der Waals surface area contributed by atoms with Crippen molar-refractivity contribution in [1.82, 2.24) is 5.43 Å². The van der Waals surface area contributed by atoms with E-state index in [1.165, 1.54) is 18.2 Å². The van der Waals surface area contributed by atoms with Gasteiger partial charge >= 0.3 is 0 Å². The minimum Gasteiger partial charge on any atom is -0.481 e. The SMILES string of the molecule is NC(=O)COc1c(Cl)cc(/C=C2/C(=O)NN(c3ccccc3)C2=O)cc1Cl. The highest BCUT2D eigenvalue weighted by Crippen LogP contribution is 2.35. The molecule has 1 saturated heterocycles. The first-order valence-electron chi connectivity index (χ1n) is 7.69. The maximum atomic E-state index is 12.6. The van der Waals surface area contributed by atoms with Crippen LogP contribution in [0.15, 0.2) is 48.0 Å². The van der Waals surface area contributed by atoms with E-state index in [9.17, 15) is 14.4 Å². The molecule has 7 nitrogen and oxygen atoms in total. The van der Waals surface area contributed by atoms with Crippen LogP contribution < -0.4 is 20.9 Å². The number of carbonyl (C=O) groups excluding carboxylic acids is 3. The van der Waals surface area contributed by atoms with E-state index in [0.717, 1.165) is 5.01 Å². The molecule has 0 atom stereocenters. The maximum Gasteiger partial charge on any atom is 0.282 e. The van der Waals surface area contributed by atoms with E-state index in [1.54, 1.807) is 30.3 Å². The molecule has 0 aromatic heterocycles. The molecule has 3 N–H and O–H groups in total. The summed E-state index contributed by atoms with van der Waals surface area (Å²) in [6.07, 6.45) is 1.37. The van der Waals surface area contributed by atoms with Gasteiger partial charge in [0, 0.05) is 0 Å². The summed E-state index contributed by atoms with van der Waals surface area (Å²) in [4.78, 5) is 35.6. The molecule has 1 heterocycles. The number of hydrogen-bond donors (Lipinski definition) is 2. The lowest BCUT2D eigenvalue weighted by Crippen LogP contribution is -2.35. The molecule has 0 spiro atoms. The summed E-state index contributed by atoms with van der Waals surface area (Å²) in [6.45, 7) is -0.382. The largest absolute Gasteiger partial charge is 0.481 e. The van der Waals surface area contributed by atoms with Gasteiger partial charge in [0.25, 0.3) is 17.7 Å². The Morgan fingerprint density at radius 1 is 1.15 bits per heavy atom. The van der Waals surface area contributed by atoms with Crippen LogP contribution in [-0.2, 0) is 14.4 Å². The summed E-state index contributed by atoms with van der Waals surface area (Å²) < 4.78 is 5.16. The van der Waals surface area contributed by atoms with Gasteiger partial charge in [-0.2, -0.15) is 0 Å². The number of hydrogen-bond acceptors (Lipinski definition) is 4. The number of anilines is 1. The van der Waals surface area contributed by atoms with Gasteiger partial charge in [0.05, 0.1) is 15.7 Å². The van der Waals surface area contributed by atoms with Crippen LogP contribution in [0.5, 0.6) is 5.75 Å². The number of para-hydroxylation sites is 1. The molecule has 0 saturated carbocycles. The predicted octanol–water partition coefficient (Wildman–Crippen LogP) is 2.32. The van der Waals surface area contributed by atoms with Crippen LogP contribution in [0.3, 0.4) is 0 Å². The van der Waals surface area contributed by atoms with Crippen molar-refractivity contribution in [2.45, 2.75) is 0 Å². The lowest BCUT2D eigenvalue weighted by molar-refractivity contribution is -0.120. The highest BCUT2D eigenvalue weighted by atomic mass is 35.5. The van der Waals surface area contributed by atoms with Crippen molar-refractivity contribution < 1.29 is 19.1 Å². The fraction of sp³-hybridized carbons (Fsp3) is 0.0556. The standard InChI is InChI=1S/C18H13Cl2N3O4/c19-13-7-10(8-14(20)16(13)27-9-15(21)24)6-12-17(25)22-23(18(12)26)11-4-2-1-3-5-11/h1-8H,9H2,(H2,21,24)(H,22,25)/b12-6-. The Morgan fingerprint density at radius 3 is 2.37 bits per heavy atom. The molecule has 1 aliphatic heterocycles. The quantitative estimate of drug-likeness (QED) is 0.588. The second-order valence-electron chi connectivity index (χ2n) is 5.54. The van der Waals surface area contributed by atoms with Crippen molar-refractivity contribution in [1.29, 1.82) is 0 Å². The number of primary amides is 1. The van der Waals surface area contributed by atoms with Crippen LogP contribution in [0.25, 0.3) is 6.08 Å². The van der Waals surface area contributed by atoms with Gasteiger partial charge in [0.2, 0.25) is 0 Å². The summed E-state index contributed by atoms with van der Waals surface area (Å²) in [5.74, 6) is -1.65. The number of nitrogens with one attached hydrogen (secondary N) is 1. The zero-order valence-corrected chi connectivity index (χ0v) is 15.3. The Bertz CT molecular complexity index is 937. The van der Waals surface area contributed by atoms with Gasteiger partial charge in [-0.3, -0.25) is 19.8 Å². The molecule has 0 unspecified atom stereocenters. The topological polar surface area (TPSA) is 102 Å². The van der Waals surface area contributed by atoms with E-state index >= 15 is 0 Å². The molecule has 0 radical (unpaired) electrons. The van der Waals surface area contributed by atoms with Gasteiger partial charge in [0.15, 0.2) is 12.4 Å². The van der Waals surface area contributed by atoms with E-state index in [-0.39, 0.29) is 28.0 Å². The highest BCUT2D eigenvalue weighted by Gasteiger charge is 2.34. The summed E-state index contributed by atoms with van der Waals surface area (Å²) in [7, 11) is 0. The van der Waals surface area contributed by atoms with E-state index in [0.29, 0.717) is 11.3 Å². The number of benzene rings is 2. The molecule has 138 valence electrons. The third-order valence-electron chi connectivity index (χ3n) is 3.60. The first kappa shape index (κ1) is 18.8. The molecule has 3 amide bonds. The Balaban J connectivity index is 1.89. The monoisotopic (exact) mass is 405 g/mol. The van der Waals surface area contributed by atoms with Crippen molar-refractivity contribution in [3.05, 3.63) is 63.6 Å². The smallest absolute Gasteiger partial charge is 0.282 e. The average Bonchev–Trinajstić information content (AvgIpc) is 2.90. The second kappa shape index (κ2) is 7.69. The van der Waals surface area contributed by atoms with Crippen molar-refractivity contribution in [3.8, 4) is 5.75 Å². The minimum absolute atomic E-state index is 0.0724. The number of amides is 3. The summed E-state index contributed by atoms with van der Waals surface area (Å²) in [5, 5.41) is 1.38. The maximum absolute atomic E-state index is 12.6. The molecule has 2 aromatic rings. The van der Waals surface area contributed by atoms with Crippen molar-refractivity contribution in [3.63, 3.8) is 0 Å². The van der Waals surface area contributed by atoms with Crippen molar-refractivity contribution in [2.24, 2.45) is 5.73 Å². The van der Waals surface area contributed by atoms with Crippen LogP contribution in [0.1, 0.15) is 5.56 Å². The fourth-order valence-corrected chi connectivity index (χ4v) is 3.04. The Labute approximate surface area is 164 Å². The molecule has 3 rings (SSSR count). The van der Waals surface area contributed by atoms with Crippen LogP contribution in [0, 0.1) is 0 Å². The zero-order valence-electron chi connectivity index (χ0n) is 13.7. The van der Waals surface area contributed by atoms with Gasteiger partial charge < -0.3 is 10.5 Å². The minimum atomic E-state index is -0.678. The molecule has 1 fully saturated rings. The number of halogens is 2. The molecule has 9 heteroatoms. The fourth-order valence-electron chi connectivity index (χ4n) is 2.43. The number of carbonyl (C=O) groups is 3. The molecular weight excluding hydrogens is 393 g/mol. The molecule has 0 bridgehead atoms. The van der Waals surface area contributed by atoms with Crippen LogP contribution in [-0.4, -0.2) is 24.3 Å². The van der Waals surface area contributed by atoms with Crippen molar-refractivity contribution >= 4 is 52.7 Å². The van der Waals surface area contributed by atoms with E-state index in [4.69, 9.17) is 33.7 Å². The number of hydrazine groups is 1.